The summed E-state index contributed by atoms with van der Waals surface area (Å²) < 4.78 is 0. The van der Waals surface area contributed by atoms with E-state index in [4.69, 9.17) is 0 Å². The maximum absolute atomic E-state index is 11.1. The van der Waals surface area contributed by atoms with Crippen LogP contribution in [0.3, 0.4) is 0 Å². The van der Waals surface area contributed by atoms with Gasteiger partial charge < -0.3 is 10.2 Å². The minimum absolute atomic E-state index is 0.352. The first kappa shape index (κ1) is 17.2. The molecule has 0 amide bonds. The van der Waals surface area contributed by atoms with Gasteiger partial charge in [-0.05, 0) is 85.6 Å². The molecular weight excluding hydrogens is 320 g/mol. The Hall–Kier alpha value is -2.24. The minimum Gasteiger partial charge on any atom is -0.508 e. The van der Waals surface area contributed by atoms with Gasteiger partial charge in [0.25, 0.3) is 0 Å². The summed E-state index contributed by atoms with van der Waals surface area (Å²) in [6.07, 6.45) is 4.45. The van der Waals surface area contributed by atoms with Gasteiger partial charge in [-0.25, -0.2) is 0 Å². The fourth-order valence-corrected chi connectivity index (χ4v) is 5.30. The molecule has 0 radical (unpaired) electrons. The van der Waals surface area contributed by atoms with E-state index in [1.807, 2.05) is 25.1 Å². The Balaban J connectivity index is 1.73. The van der Waals surface area contributed by atoms with Gasteiger partial charge in [-0.2, -0.15) is 0 Å². The first-order valence-electron chi connectivity index (χ1n) is 9.60. The van der Waals surface area contributed by atoms with Crippen molar-refractivity contribution in [2.24, 2.45) is 11.8 Å². The largest absolute Gasteiger partial charge is 0.508 e. The number of phenols is 1. The van der Waals surface area contributed by atoms with E-state index in [0.29, 0.717) is 29.9 Å². The van der Waals surface area contributed by atoms with Gasteiger partial charge in [0.1, 0.15) is 11.4 Å². The molecule has 0 heterocycles. The van der Waals surface area contributed by atoms with Crippen molar-refractivity contribution in [3.05, 3.63) is 65.2 Å². The second-order valence-electron chi connectivity index (χ2n) is 7.97. The number of hydrogen-bond donors (Lipinski definition) is 2. The van der Waals surface area contributed by atoms with Crippen LogP contribution < -0.4 is 0 Å². The number of benzene rings is 2. The lowest BCUT2D eigenvalue weighted by Gasteiger charge is -2.47. The number of aryl methyl sites for hydroxylation is 1. The monoisotopic (exact) mass is 346 g/mol. The van der Waals surface area contributed by atoms with E-state index in [-0.39, 0.29) is 0 Å². The SMILES string of the molecule is CC#CC1(O)C[C@H]2CCc3cc(O)ccc3C2[C@@H](Cc2ccccc2)C1. The van der Waals surface area contributed by atoms with Gasteiger partial charge in [-0.15, -0.1) is 5.92 Å². The van der Waals surface area contributed by atoms with Crippen LogP contribution in [0.4, 0.5) is 0 Å². The van der Waals surface area contributed by atoms with Gasteiger partial charge >= 0.3 is 0 Å². The number of aliphatic hydroxyl groups is 1. The van der Waals surface area contributed by atoms with E-state index in [0.717, 1.165) is 25.7 Å². The van der Waals surface area contributed by atoms with Gasteiger partial charge in [0.15, 0.2) is 0 Å². The van der Waals surface area contributed by atoms with Crippen LogP contribution in [0.2, 0.25) is 0 Å². The highest BCUT2D eigenvalue weighted by atomic mass is 16.3. The second-order valence-corrected chi connectivity index (χ2v) is 7.97. The molecule has 2 aromatic carbocycles. The summed E-state index contributed by atoms with van der Waals surface area (Å²) in [6, 6.07) is 16.4. The normalized spacial score (nSPS) is 29.8. The smallest absolute Gasteiger partial charge is 0.126 e. The molecule has 134 valence electrons. The molecular formula is C24H26O2. The van der Waals surface area contributed by atoms with Gasteiger partial charge in [0.2, 0.25) is 0 Å². The molecule has 0 aliphatic heterocycles. The second kappa shape index (κ2) is 6.82. The predicted molar refractivity (Wildman–Crippen MR) is 104 cm³/mol. The van der Waals surface area contributed by atoms with Gasteiger partial charge in [0, 0.05) is 0 Å². The Morgan fingerprint density at radius 2 is 1.92 bits per heavy atom. The Morgan fingerprint density at radius 1 is 1.12 bits per heavy atom. The first-order chi connectivity index (χ1) is 12.6. The maximum Gasteiger partial charge on any atom is 0.126 e. The average molecular weight is 346 g/mol. The zero-order valence-electron chi connectivity index (χ0n) is 15.3. The van der Waals surface area contributed by atoms with Crippen molar-refractivity contribution in [3.8, 4) is 17.6 Å². The van der Waals surface area contributed by atoms with Crippen LogP contribution in [0, 0.1) is 23.7 Å². The summed E-state index contributed by atoms with van der Waals surface area (Å²) in [5.41, 5.74) is 3.09. The highest BCUT2D eigenvalue weighted by molar-refractivity contribution is 5.41. The van der Waals surface area contributed by atoms with Crippen molar-refractivity contribution >= 4 is 0 Å². The molecule has 26 heavy (non-hydrogen) atoms. The zero-order valence-corrected chi connectivity index (χ0v) is 15.3. The van der Waals surface area contributed by atoms with Gasteiger partial charge in [0.05, 0.1) is 0 Å². The van der Waals surface area contributed by atoms with Gasteiger partial charge in [-0.3, -0.25) is 0 Å². The van der Waals surface area contributed by atoms with Crippen molar-refractivity contribution in [2.45, 2.75) is 50.5 Å². The van der Waals surface area contributed by atoms with E-state index < -0.39 is 5.60 Å². The Labute approximate surface area is 155 Å². The highest BCUT2D eigenvalue weighted by Gasteiger charge is 2.46. The maximum atomic E-state index is 11.1. The molecule has 0 aromatic heterocycles. The van der Waals surface area contributed by atoms with E-state index in [2.05, 4.69) is 42.2 Å². The molecule has 0 spiro atoms. The summed E-state index contributed by atoms with van der Waals surface area (Å²) in [5, 5.41) is 21.0. The standard InChI is InChI=1S/C24H26O2/c1-2-12-24(26)15-19-9-8-18-14-21(25)10-11-22(18)23(19)20(16-24)13-17-6-4-3-5-7-17/h3-7,10-11,14,19-20,23,25-26H,8-9,13,15-16H2,1H3/t19-,20+,23?,24?/m1/s1. The lowest BCUT2D eigenvalue weighted by atomic mass is 9.58. The Morgan fingerprint density at radius 3 is 2.69 bits per heavy atom. The Bertz CT molecular complexity index is 846. The third kappa shape index (κ3) is 3.24. The molecule has 2 unspecified atom stereocenters. The summed E-state index contributed by atoms with van der Waals surface area (Å²) in [6.45, 7) is 1.81. The fourth-order valence-electron chi connectivity index (χ4n) is 5.30. The predicted octanol–water partition coefficient (Wildman–Crippen LogP) is 4.45. The minimum atomic E-state index is -0.871. The van der Waals surface area contributed by atoms with Crippen LogP contribution in [0.15, 0.2) is 48.5 Å². The number of rotatable bonds is 2. The summed E-state index contributed by atoms with van der Waals surface area (Å²) >= 11 is 0. The highest BCUT2D eigenvalue weighted by Crippen LogP contribution is 2.52. The third-order valence-corrected chi connectivity index (χ3v) is 6.18. The molecule has 4 atom stereocenters. The molecule has 2 nitrogen and oxygen atoms in total. The molecule has 1 saturated carbocycles. The topological polar surface area (TPSA) is 40.5 Å². The molecule has 2 aromatic rings. The van der Waals surface area contributed by atoms with Crippen LogP contribution >= 0.6 is 0 Å². The van der Waals surface area contributed by atoms with Crippen LogP contribution in [0.5, 0.6) is 5.75 Å². The fraction of sp³-hybridized carbons (Fsp3) is 0.417. The van der Waals surface area contributed by atoms with E-state index in [1.54, 1.807) is 0 Å². The molecule has 2 aliphatic carbocycles. The first-order valence-corrected chi connectivity index (χ1v) is 9.60. The quantitative estimate of drug-likeness (QED) is 0.789. The number of phenolic OH excluding ortho intramolecular Hbond substituents is 1. The molecule has 4 rings (SSSR count). The average Bonchev–Trinajstić information content (AvgIpc) is 2.62. The van der Waals surface area contributed by atoms with E-state index >= 15 is 0 Å². The number of fused-ring (bicyclic) bond motifs is 3. The zero-order chi connectivity index (χ0) is 18.1. The summed E-state index contributed by atoms with van der Waals surface area (Å²) in [5.74, 6) is 7.64. The molecule has 1 fully saturated rings. The van der Waals surface area contributed by atoms with Crippen LogP contribution in [-0.4, -0.2) is 15.8 Å². The Kier molecular flexibility index (Phi) is 4.51. The lowest BCUT2D eigenvalue weighted by molar-refractivity contribution is -0.00588. The van der Waals surface area contributed by atoms with Crippen LogP contribution in [0.1, 0.15) is 48.8 Å². The van der Waals surface area contributed by atoms with Crippen LogP contribution in [0.25, 0.3) is 0 Å². The lowest BCUT2D eigenvalue weighted by Crippen LogP contribution is -2.44. The summed E-state index contributed by atoms with van der Waals surface area (Å²) in [4.78, 5) is 0. The van der Waals surface area contributed by atoms with Crippen molar-refractivity contribution in [3.63, 3.8) is 0 Å². The molecule has 2 heteroatoms. The number of hydrogen-bond acceptors (Lipinski definition) is 2. The third-order valence-electron chi connectivity index (χ3n) is 6.18. The van der Waals surface area contributed by atoms with Crippen LogP contribution in [-0.2, 0) is 12.8 Å². The molecule has 0 saturated heterocycles. The molecule has 0 bridgehead atoms. The van der Waals surface area contributed by atoms with Crippen molar-refractivity contribution < 1.29 is 10.2 Å². The van der Waals surface area contributed by atoms with Crippen molar-refractivity contribution in [2.75, 3.05) is 0 Å². The van der Waals surface area contributed by atoms with Crippen molar-refractivity contribution in [1.82, 2.24) is 0 Å². The summed E-state index contributed by atoms with van der Waals surface area (Å²) in [7, 11) is 0. The van der Waals surface area contributed by atoms with Crippen molar-refractivity contribution in [1.29, 1.82) is 0 Å². The van der Waals surface area contributed by atoms with E-state index in [1.165, 1.54) is 16.7 Å². The van der Waals surface area contributed by atoms with E-state index in [9.17, 15) is 10.2 Å². The molecule has 2 N–H and O–H groups in total. The molecule has 2 aliphatic rings. The number of aromatic hydroxyl groups is 1. The van der Waals surface area contributed by atoms with Gasteiger partial charge in [-0.1, -0.05) is 42.3 Å².